The van der Waals surface area contributed by atoms with Gasteiger partial charge in [0, 0.05) is 11.6 Å². The number of hydrogen-bond acceptors (Lipinski definition) is 3. The van der Waals surface area contributed by atoms with Crippen molar-refractivity contribution in [1.82, 2.24) is 4.72 Å². The summed E-state index contributed by atoms with van der Waals surface area (Å²) in [6, 6.07) is 0. The molecule has 1 aliphatic heterocycles. The number of aliphatic imine (C=N–C) groups is 1. The topological polar surface area (TPSA) is 24.4 Å². The Morgan fingerprint density at radius 3 is 2.57 bits per heavy atom. The minimum absolute atomic E-state index is 0. The summed E-state index contributed by atoms with van der Waals surface area (Å²) in [4.78, 5) is 3.74. The van der Waals surface area contributed by atoms with E-state index in [4.69, 9.17) is 0 Å². The maximum absolute atomic E-state index is 3.74. The van der Waals surface area contributed by atoms with Crippen molar-refractivity contribution in [2.24, 2.45) is 4.99 Å². The number of halogens is 1. The highest BCUT2D eigenvalue weighted by atomic mass is 35.5. The summed E-state index contributed by atoms with van der Waals surface area (Å²) >= 11 is 1.52. The van der Waals surface area contributed by atoms with Gasteiger partial charge in [0.1, 0.15) is 0 Å². The molecule has 0 fully saturated rings. The Labute approximate surface area is 52.6 Å². The van der Waals surface area contributed by atoms with Gasteiger partial charge >= 0.3 is 0 Å². The van der Waals surface area contributed by atoms with Crippen LogP contribution < -0.4 is 4.72 Å². The van der Waals surface area contributed by atoms with Crippen molar-refractivity contribution in [3.63, 3.8) is 0 Å². The molecule has 0 atom stereocenters. The van der Waals surface area contributed by atoms with Crippen LogP contribution in [0.4, 0.5) is 0 Å². The molecule has 0 aromatic rings. The molecule has 1 N–H and O–H groups in total. The second-order valence-electron chi connectivity index (χ2n) is 0.799. The third kappa shape index (κ3) is 2.53. The Bertz CT molecular complexity index is 78.9. The van der Waals surface area contributed by atoms with Gasteiger partial charge in [0.05, 0.1) is 6.34 Å². The van der Waals surface area contributed by atoms with E-state index in [2.05, 4.69) is 9.71 Å². The van der Waals surface area contributed by atoms with Crippen molar-refractivity contribution in [3.8, 4) is 0 Å². The van der Waals surface area contributed by atoms with Gasteiger partial charge in [-0.2, -0.15) is 0 Å². The van der Waals surface area contributed by atoms with Crippen molar-refractivity contribution in [3.05, 3.63) is 11.6 Å². The van der Waals surface area contributed by atoms with Gasteiger partial charge in [0.25, 0.3) is 0 Å². The van der Waals surface area contributed by atoms with Crippen LogP contribution in [-0.2, 0) is 0 Å². The number of hydrogen-bond donors (Lipinski definition) is 1. The molecule has 2 nitrogen and oxygen atoms in total. The molecule has 1 rings (SSSR count). The molecule has 0 spiro atoms. The van der Waals surface area contributed by atoms with Crippen molar-refractivity contribution in [2.75, 3.05) is 0 Å². The van der Waals surface area contributed by atoms with Crippen LogP contribution in [0.5, 0.6) is 0 Å². The maximum Gasteiger partial charge on any atom is 0.0980 e. The fourth-order valence-electron chi connectivity index (χ4n) is 0.209. The predicted molar refractivity (Wildman–Crippen MR) is 35.6 cm³/mol. The van der Waals surface area contributed by atoms with E-state index < -0.39 is 0 Å². The van der Waals surface area contributed by atoms with Gasteiger partial charge in [0.15, 0.2) is 0 Å². The van der Waals surface area contributed by atoms with Gasteiger partial charge < -0.3 is 4.72 Å². The molecule has 1 heterocycles. The maximum atomic E-state index is 3.74. The van der Waals surface area contributed by atoms with Crippen LogP contribution >= 0.6 is 24.4 Å². The van der Waals surface area contributed by atoms with Crippen LogP contribution in [-0.4, -0.2) is 6.34 Å². The standard InChI is InChI=1S/C3H4N2S.ClH/c1-2-6-5-3-4-1;/h1-3H,(H,4,5);1H. The van der Waals surface area contributed by atoms with Crippen molar-refractivity contribution in [1.29, 1.82) is 0 Å². The second kappa shape index (κ2) is 4.02. The molecular formula is C3H5ClN2S. The first-order valence-corrected chi connectivity index (χ1v) is 2.46. The van der Waals surface area contributed by atoms with Crippen LogP contribution in [0, 0.1) is 0 Å². The molecule has 4 heteroatoms. The molecule has 0 aliphatic carbocycles. The summed E-state index contributed by atoms with van der Waals surface area (Å²) in [6.07, 6.45) is 3.38. The zero-order chi connectivity index (χ0) is 4.24. The van der Waals surface area contributed by atoms with E-state index in [1.165, 1.54) is 11.9 Å². The van der Waals surface area contributed by atoms with E-state index in [9.17, 15) is 0 Å². The Balaban J connectivity index is 0.000000360. The molecule has 1 aliphatic rings. The van der Waals surface area contributed by atoms with E-state index in [1.807, 2.05) is 5.41 Å². The zero-order valence-corrected chi connectivity index (χ0v) is 5.13. The monoisotopic (exact) mass is 136 g/mol. The molecule has 40 valence electrons. The molecule has 0 aromatic heterocycles. The van der Waals surface area contributed by atoms with Crippen LogP contribution in [0.1, 0.15) is 0 Å². The van der Waals surface area contributed by atoms with Gasteiger partial charge in [-0.1, -0.05) is 0 Å². The highest BCUT2D eigenvalue weighted by Gasteiger charge is 1.75. The quantitative estimate of drug-likeness (QED) is 0.506. The predicted octanol–water partition coefficient (Wildman–Crippen LogP) is 1.16. The summed E-state index contributed by atoms with van der Waals surface area (Å²) < 4.78 is 2.82. The van der Waals surface area contributed by atoms with Crippen LogP contribution in [0.15, 0.2) is 16.6 Å². The SMILES string of the molecule is C1=CSNC=N1.Cl. The first-order valence-electron chi connectivity index (χ1n) is 1.58. The lowest BCUT2D eigenvalue weighted by Gasteiger charge is -1.92. The fraction of sp³-hybridized carbons (Fsp3) is 0. The first kappa shape index (κ1) is 6.85. The highest BCUT2D eigenvalue weighted by Crippen LogP contribution is 1.95. The van der Waals surface area contributed by atoms with Crippen molar-refractivity contribution in [2.45, 2.75) is 0 Å². The normalized spacial score (nSPS) is 14.9. The molecule has 0 saturated heterocycles. The Kier molecular flexibility index (Phi) is 3.93. The summed E-state index contributed by atoms with van der Waals surface area (Å²) in [5, 5.41) is 1.88. The van der Waals surface area contributed by atoms with Crippen molar-refractivity contribution >= 4 is 30.7 Å². The van der Waals surface area contributed by atoms with Crippen LogP contribution in [0.3, 0.4) is 0 Å². The van der Waals surface area contributed by atoms with Gasteiger partial charge in [-0.3, -0.25) is 0 Å². The zero-order valence-electron chi connectivity index (χ0n) is 3.50. The second-order valence-corrected chi connectivity index (χ2v) is 1.54. The van der Waals surface area contributed by atoms with E-state index in [0.717, 1.165) is 0 Å². The van der Waals surface area contributed by atoms with Gasteiger partial charge in [-0.25, -0.2) is 4.99 Å². The molecule has 0 radical (unpaired) electrons. The average molecular weight is 137 g/mol. The van der Waals surface area contributed by atoms with Crippen LogP contribution in [0.2, 0.25) is 0 Å². The van der Waals surface area contributed by atoms with E-state index >= 15 is 0 Å². The highest BCUT2D eigenvalue weighted by molar-refractivity contribution is 8.00. The van der Waals surface area contributed by atoms with E-state index in [0.29, 0.717) is 0 Å². The lowest BCUT2D eigenvalue weighted by molar-refractivity contribution is 1.48. The summed E-state index contributed by atoms with van der Waals surface area (Å²) in [6.45, 7) is 0. The molecular weight excluding hydrogens is 132 g/mol. The summed E-state index contributed by atoms with van der Waals surface area (Å²) in [5.41, 5.74) is 0. The minimum Gasteiger partial charge on any atom is -0.317 e. The van der Waals surface area contributed by atoms with Crippen molar-refractivity contribution < 1.29 is 0 Å². The smallest absolute Gasteiger partial charge is 0.0980 e. The fourth-order valence-corrected chi connectivity index (χ4v) is 0.540. The largest absolute Gasteiger partial charge is 0.317 e. The molecule has 0 bridgehead atoms. The minimum atomic E-state index is 0. The summed E-state index contributed by atoms with van der Waals surface area (Å²) in [7, 11) is 0. The van der Waals surface area contributed by atoms with E-state index in [1.54, 1.807) is 12.5 Å². The average Bonchev–Trinajstić information content (AvgIpc) is 1.72. The lowest BCUT2D eigenvalue weighted by Crippen LogP contribution is -1.97. The van der Waals surface area contributed by atoms with Gasteiger partial charge in [-0.05, 0) is 11.9 Å². The van der Waals surface area contributed by atoms with Gasteiger partial charge in [-0.15, -0.1) is 12.4 Å². The first-order chi connectivity index (χ1) is 3.00. The molecule has 0 aromatic carbocycles. The number of nitrogens with zero attached hydrogens (tertiary/aromatic N) is 1. The third-order valence-electron chi connectivity index (χ3n) is 0.410. The summed E-state index contributed by atoms with van der Waals surface area (Å²) in [5.74, 6) is 0. The number of rotatable bonds is 0. The Hall–Kier alpha value is -0.150. The molecule has 0 unspecified atom stereocenters. The molecule has 0 saturated carbocycles. The Morgan fingerprint density at radius 1 is 1.57 bits per heavy atom. The third-order valence-corrected chi connectivity index (χ3v) is 0.910. The molecule has 0 amide bonds. The number of nitrogens with one attached hydrogen (secondary N) is 1. The lowest BCUT2D eigenvalue weighted by atomic mass is 11.0. The molecule has 7 heavy (non-hydrogen) atoms. The van der Waals surface area contributed by atoms with Gasteiger partial charge in [0.2, 0.25) is 0 Å². The van der Waals surface area contributed by atoms with Crippen LogP contribution in [0.25, 0.3) is 0 Å². The Morgan fingerprint density at radius 2 is 2.43 bits per heavy atom. The van der Waals surface area contributed by atoms with E-state index in [-0.39, 0.29) is 12.4 Å².